The number of benzene rings is 2. The van der Waals surface area contributed by atoms with Crippen molar-refractivity contribution in [3.8, 4) is 0 Å². The standard InChI is InChI=1S/C16H12BrNO2S/c17-12-6-2-3-7-13(12)18-9-11-10-5-1-4-8-14(10)21-15(11)16(19)20/h1-8,18H,9H2,(H,19,20). The number of carboxylic acids is 1. The molecule has 1 heterocycles. The number of rotatable bonds is 4. The van der Waals surface area contributed by atoms with Crippen molar-refractivity contribution < 1.29 is 9.90 Å². The van der Waals surface area contributed by atoms with E-state index in [4.69, 9.17) is 0 Å². The zero-order chi connectivity index (χ0) is 14.8. The fraction of sp³-hybridized carbons (Fsp3) is 0.0625. The van der Waals surface area contributed by atoms with Gasteiger partial charge in [-0.1, -0.05) is 30.3 Å². The van der Waals surface area contributed by atoms with Crippen LogP contribution >= 0.6 is 27.3 Å². The molecule has 0 atom stereocenters. The minimum Gasteiger partial charge on any atom is -0.477 e. The molecule has 3 aromatic rings. The van der Waals surface area contributed by atoms with E-state index < -0.39 is 5.97 Å². The first-order valence-corrected chi connectivity index (χ1v) is 8.00. The van der Waals surface area contributed by atoms with Crippen LogP contribution in [-0.4, -0.2) is 11.1 Å². The molecule has 21 heavy (non-hydrogen) atoms. The van der Waals surface area contributed by atoms with Crippen LogP contribution in [0.3, 0.4) is 0 Å². The zero-order valence-electron chi connectivity index (χ0n) is 11.0. The van der Waals surface area contributed by atoms with Gasteiger partial charge in [-0.25, -0.2) is 4.79 Å². The molecule has 0 saturated carbocycles. The van der Waals surface area contributed by atoms with Crippen LogP contribution in [0.2, 0.25) is 0 Å². The molecule has 106 valence electrons. The smallest absolute Gasteiger partial charge is 0.346 e. The van der Waals surface area contributed by atoms with Crippen molar-refractivity contribution in [3.63, 3.8) is 0 Å². The molecule has 0 aliphatic rings. The fourth-order valence-electron chi connectivity index (χ4n) is 2.24. The topological polar surface area (TPSA) is 49.3 Å². The minimum atomic E-state index is -0.875. The summed E-state index contributed by atoms with van der Waals surface area (Å²) in [7, 11) is 0. The summed E-state index contributed by atoms with van der Waals surface area (Å²) in [4.78, 5) is 11.8. The number of hydrogen-bond donors (Lipinski definition) is 2. The molecule has 0 amide bonds. The molecule has 2 N–H and O–H groups in total. The number of anilines is 1. The van der Waals surface area contributed by atoms with E-state index >= 15 is 0 Å². The van der Waals surface area contributed by atoms with E-state index in [1.165, 1.54) is 11.3 Å². The Morgan fingerprint density at radius 3 is 2.62 bits per heavy atom. The van der Waals surface area contributed by atoms with E-state index in [0.29, 0.717) is 11.4 Å². The highest BCUT2D eigenvalue weighted by Crippen LogP contribution is 2.32. The Balaban J connectivity index is 1.98. The molecule has 3 nitrogen and oxygen atoms in total. The molecule has 0 spiro atoms. The lowest BCUT2D eigenvalue weighted by molar-refractivity contribution is 0.0701. The summed E-state index contributed by atoms with van der Waals surface area (Å²) in [5.74, 6) is -0.875. The minimum absolute atomic E-state index is 0.399. The van der Waals surface area contributed by atoms with Crippen molar-refractivity contribution in [2.24, 2.45) is 0 Å². The number of carboxylic acid groups (broad SMARTS) is 1. The van der Waals surface area contributed by atoms with Gasteiger partial charge < -0.3 is 10.4 Å². The number of para-hydroxylation sites is 1. The van der Waals surface area contributed by atoms with Gasteiger partial charge in [0.1, 0.15) is 4.88 Å². The zero-order valence-corrected chi connectivity index (χ0v) is 13.4. The molecule has 0 unspecified atom stereocenters. The average Bonchev–Trinajstić information content (AvgIpc) is 2.85. The van der Waals surface area contributed by atoms with E-state index in [1.807, 2.05) is 48.5 Å². The second-order valence-electron chi connectivity index (χ2n) is 4.54. The molecule has 1 aromatic heterocycles. The van der Waals surface area contributed by atoms with Gasteiger partial charge in [-0.3, -0.25) is 0 Å². The molecule has 0 radical (unpaired) electrons. The molecule has 3 rings (SSSR count). The third-order valence-corrected chi connectivity index (χ3v) is 5.11. The van der Waals surface area contributed by atoms with E-state index in [9.17, 15) is 9.90 Å². The first kappa shape index (κ1) is 14.1. The predicted octanol–water partition coefficient (Wildman–Crippen LogP) is 4.97. The van der Waals surface area contributed by atoms with Gasteiger partial charge in [-0.05, 0) is 39.5 Å². The van der Waals surface area contributed by atoms with Crippen LogP contribution in [0.25, 0.3) is 10.1 Å². The van der Waals surface area contributed by atoms with Crippen LogP contribution in [0.5, 0.6) is 0 Å². The Kier molecular flexibility index (Phi) is 3.94. The molecular weight excluding hydrogens is 350 g/mol. The van der Waals surface area contributed by atoms with Gasteiger partial charge in [0, 0.05) is 27.0 Å². The van der Waals surface area contributed by atoms with E-state index in [1.54, 1.807) is 0 Å². The lowest BCUT2D eigenvalue weighted by Gasteiger charge is -2.08. The van der Waals surface area contributed by atoms with Crippen LogP contribution in [0, 0.1) is 0 Å². The summed E-state index contributed by atoms with van der Waals surface area (Å²) in [5.41, 5.74) is 1.78. The van der Waals surface area contributed by atoms with Gasteiger partial charge in [0.2, 0.25) is 0 Å². The second-order valence-corrected chi connectivity index (χ2v) is 6.45. The summed E-state index contributed by atoms with van der Waals surface area (Å²) < 4.78 is 1.96. The van der Waals surface area contributed by atoms with Crippen LogP contribution in [0.15, 0.2) is 53.0 Å². The normalized spacial score (nSPS) is 10.7. The number of thiophene rings is 1. The molecule has 0 bridgehead atoms. The van der Waals surface area contributed by atoms with Gasteiger partial charge in [0.15, 0.2) is 0 Å². The number of nitrogens with one attached hydrogen (secondary N) is 1. The second kappa shape index (κ2) is 5.87. The Morgan fingerprint density at radius 1 is 1.14 bits per heavy atom. The average molecular weight is 362 g/mol. The number of hydrogen-bond acceptors (Lipinski definition) is 3. The molecule has 0 aliphatic heterocycles. The van der Waals surface area contributed by atoms with Crippen molar-refractivity contribution in [3.05, 3.63) is 63.4 Å². The molecule has 5 heteroatoms. The van der Waals surface area contributed by atoms with Crippen molar-refractivity contribution in [2.75, 3.05) is 5.32 Å². The summed E-state index contributed by atoms with van der Waals surface area (Å²) >= 11 is 4.80. The lowest BCUT2D eigenvalue weighted by Crippen LogP contribution is -2.04. The molecule has 0 saturated heterocycles. The number of fused-ring (bicyclic) bond motifs is 1. The van der Waals surface area contributed by atoms with E-state index in [-0.39, 0.29) is 0 Å². The third kappa shape index (κ3) is 2.80. The quantitative estimate of drug-likeness (QED) is 0.689. The van der Waals surface area contributed by atoms with Crippen LogP contribution in [0.4, 0.5) is 5.69 Å². The van der Waals surface area contributed by atoms with Gasteiger partial charge in [-0.15, -0.1) is 11.3 Å². The summed E-state index contributed by atoms with van der Waals surface area (Å²) in [5, 5.41) is 13.7. The third-order valence-electron chi connectivity index (χ3n) is 3.22. The number of halogens is 1. The van der Waals surface area contributed by atoms with Crippen LogP contribution in [0.1, 0.15) is 15.2 Å². The number of carbonyl (C=O) groups is 1. The van der Waals surface area contributed by atoms with Gasteiger partial charge in [-0.2, -0.15) is 0 Å². The Bertz CT molecular complexity index is 813. The molecular formula is C16H12BrNO2S. The van der Waals surface area contributed by atoms with Gasteiger partial charge >= 0.3 is 5.97 Å². The fourth-order valence-corrected chi connectivity index (χ4v) is 3.72. The Labute approximate surface area is 134 Å². The number of aromatic carboxylic acids is 1. The molecule has 0 fully saturated rings. The first-order chi connectivity index (χ1) is 10.2. The highest BCUT2D eigenvalue weighted by molar-refractivity contribution is 9.10. The van der Waals surface area contributed by atoms with Crippen LogP contribution in [-0.2, 0) is 6.54 Å². The van der Waals surface area contributed by atoms with Gasteiger partial charge in [0.25, 0.3) is 0 Å². The predicted molar refractivity (Wildman–Crippen MR) is 90.3 cm³/mol. The van der Waals surface area contributed by atoms with E-state index in [0.717, 1.165) is 25.8 Å². The SMILES string of the molecule is O=C(O)c1sc2ccccc2c1CNc1ccccc1Br. The summed E-state index contributed by atoms with van der Waals surface area (Å²) in [6, 6.07) is 15.6. The molecule has 2 aromatic carbocycles. The van der Waals surface area contributed by atoms with Crippen molar-refractivity contribution in [1.82, 2.24) is 0 Å². The first-order valence-electron chi connectivity index (χ1n) is 6.39. The summed E-state index contributed by atoms with van der Waals surface area (Å²) in [6.45, 7) is 0.480. The maximum absolute atomic E-state index is 11.4. The lowest BCUT2D eigenvalue weighted by atomic mass is 10.1. The van der Waals surface area contributed by atoms with Gasteiger partial charge in [0.05, 0.1) is 0 Å². The Morgan fingerprint density at radius 2 is 1.86 bits per heavy atom. The van der Waals surface area contributed by atoms with E-state index in [2.05, 4.69) is 21.2 Å². The Hall–Kier alpha value is -1.85. The largest absolute Gasteiger partial charge is 0.477 e. The maximum atomic E-state index is 11.4. The highest BCUT2D eigenvalue weighted by Gasteiger charge is 2.17. The van der Waals surface area contributed by atoms with Crippen molar-refractivity contribution in [1.29, 1.82) is 0 Å². The van der Waals surface area contributed by atoms with Crippen molar-refractivity contribution >= 4 is 49.0 Å². The molecule has 0 aliphatic carbocycles. The highest BCUT2D eigenvalue weighted by atomic mass is 79.9. The summed E-state index contributed by atoms with van der Waals surface area (Å²) in [6.07, 6.45) is 0. The maximum Gasteiger partial charge on any atom is 0.346 e. The van der Waals surface area contributed by atoms with Crippen LogP contribution < -0.4 is 5.32 Å². The monoisotopic (exact) mass is 361 g/mol. The van der Waals surface area contributed by atoms with Crippen molar-refractivity contribution in [2.45, 2.75) is 6.54 Å².